The largest absolute Gasteiger partial charge is 0.497 e. The Labute approximate surface area is 147 Å². The summed E-state index contributed by atoms with van der Waals surface area (Å²) in [5.74, 6) is 0.482. The fourth-order valence-corrected chi connectivity index (χ4v) is 3.27. The zero-order valence-electron chi connectivity index (χ0n) is 13.3. The summed E-state index contributed by atoms with van der Waals surface area (Å²) in [6, 6.07) is 16.9. The van der Waals surface area contributed by atoms with Gasteiger partial charge in [0.05, 0.1) is 23.0 Å². The lowest BCUT2D eigenvalue weighted by molar-refractivity contribution is 0.102. The number of rotatable bonds is 4. The molecule has 124 valence electrons. The minimum atomic E-state index is -0.286. The third-order valence-electron chi connectivity index (χ3n) is 3.67. The first-order chi connectivity index (χ1) is 12.2. The average Bonchev–Trinajstić information content (AvgIpc) is 3.28. The van der Waals surface area contributed by atoms with Crippen LogP contribution in [0, 0.1) is 0 Å². The van der Waals surface area contributed by atoms with Crippen molar-refractivity contribution in [3.8, 4) is 11.4 Å². The molecule has 0 aliphatic carbocycles. The number of fused-ring (bicyclic) bond motifs is 1. The molecule has 0 radical (unpaired) electrons. The molecular formula is C18H14N4O2S. The van der Waals surface area contributed by atoms with Crippen molar-refractivity contribution in [3.63, 3.8) is 0 Å². The van der Waals surface area contributed by atoms with Crippen LogP contribution in [0.4, 0.5) is 5.13 Å². The maximum absolute atomic E-state index is 12.4. The van der Waals surface area contributed by atoms with Crippen molar-refractivity contribution < 1.29 is 9.53 Å². The lowest BCUT2D eigenvalue weighted by Crippen LogP contribution is -2.13. The number of thiazole rings is 1. The number of anilines is 1. The minimum absolute atomic E-state index is 0.286. The molecule has 0 saturated heterocycles. The van der Waals surface area contributed by atoms with Crippen molar-refractivity contribution in [2.45, 2.75) is 0 Å². The van der Waals surface area contributed by atoms with E-state index >= 15 is 0 Å². The van der Waals surface area contributed by atoms with Crippen LogP contribution in [0.3, 0.4) is 0 Å². The van der Waals surface area contributed by atoms with Gasteiger partial charge in [-0.1, -0.05) is 23.5 Å². The summed E-state index contributed by atoms with van der Waals surface area (Å²) in [4.78, 5) is 16.8. The Hall–Kier alpha value is -3.19. The van der Waals surface area contributed by atoms with Crippen LogP contribution in [0.2, 0.25) is 0 Å². The van der Waals surface area contributed by atoms with E-state index in [2.05, 4.69) is 15.4 Å². The summed E-state index contributed by atoms with van der Waals surface area (Å²) in [5, 5.41) is 7.69. The van der Waals surface area contributed by atoms with Gasteiger partial charge in [-0.05, 0) is 42.5 Å². The van der Waals surface area contributed by atoms with Crippen molar-refractivity contribution in [2.24, 2.45) is 0 Å². The van der Waals surface area contributed by atoms with E-state index in [4.69, 9.17) is 4.74 Å². The van der Waals surface area contributed by atoms with Crippen LogP contribution in [0.25, 0.3) is 15.9 Å². The first kappa shape index (κ1) is 15.3. The van der Waals surface area contributed by atoms with Gasteiger partial charge in [0.15, 0.2) is 10.8 Å². The fourth-order valence-electron chi connectivity index (χ4n) is 2.41. The highest BCUT2D eigenvalue weighted by atomic mass is 32.1. The molecule has 2 heterocycles. The molecule has 0 aliphatic heterocycles. The van der Waals surface area contributed by atoms with E-state index in [1.165, 1.54) is 11.3 Å². The monoisotopic (exact) mass is 350 g/mol. The normalized spacial score (nSPS) is 10.8. The number of benzene rings is 2. The first-order valence-electron chi connectivity index (χ1n) is 7.60. The summed E-state index contributed by atoms with van der Waals surface area (Å²) in [7, 11) is 1.62. The van der Waals surface area contributed by atoms with Gasteiger partial charge in [0.25, 0.3) is 5.91 Å². The van der Waals surface area contributed by atoms with E-state index in [0.717, 1.165) is 21.7 Å². The van der Waals surface area contributed by atoms with Crippen molar-refractivity contribution in [1.29, 1.82) is 0 Å². The molecule has 0 saturated carbocycles. The molecule has 1 N–H and O–H groups in total. The molecule has 25 heavy (non-hydrogen) atoms. The number of carbonyl (C=O) groups is 1. The maximum Gasteiger partial charge on any atom is 0.277 e. The van der Waals surface area contributed by atoms with E-state index in [0.29, 0.717) is 10.8 Å². The molecule has 4 rings (SSSR count). The van der Waals surface area contributed by atoms with E-state index in [1.807, 2.05) is 48.5 Å². The van der Waals surface area contributed by atoms with Crippen LogP contribution in [0.1, 0.15) is 10.5 Å². The minimum Gasteiger partial charge on any atom is -0.497 e. The van der Waals surface area contributed by atoms with Crippen LogP contribution >= 0.6 is 11.3 Å². The molecule has 6 nitrogen and oxygen atoms in total. The topological polar surface area (TPSA) is 69.0 Å². The fraction of sp³-hybridized carbons (Fsp3) is 0.0556. The van der Waals surface area contributed by atoms with Gasteiger partial charge in [-0.2, -0.15) is 5.10 Å². The number of para-hydroxylation sites is 1. The molecule has 2 aromatic heterocycles. The van der Waals surface area contributed by atoms with Crippen LogP contribution in [-0.4, -0.2) is 27.8 Å². The van der Waals surface area contributed by atoms with Gasteiger partial charge in [0.1, 0.15) is 5.75 Å². The molecule has 7 heteroatoms. The number of methoxy groups -OCH3 is 1. The number of amides is 1. The molecule has 1 amide bonds. The molecule has 0 aliphatic rings. The number of nitrogens with zero attached hydrogens (tertiary/aromatic N) is 3. The van der Waals surface area contributed by atoms with E-state index in [-0.39, 0.29) is 5.91 Å². The average molecular weight is 350 g/mol. The molecule has 2 aromatic carbocycles. The van der Waals surface area contributed by atoms with Gasteiger partial charge in [-0.3, -0.25) is 10.1 Å². The highest BCUT2D eigenvalue weighted by molar-refractivity contribution is 7.22. The Morgan fingerprint density at radius 1 is 1.12 bits per heavy atom. The SMILES string of the molecule is COc1ccc(-n2ccc(C(=O)Nc3nc4ccccc4s3)n2)cc1. The molecule has 0 fully saturated rings. The third kappa shape index (κ3) is 3.09. The van der Waals surface area contributed by atoms with Crippen molar-refractivity contribution in [2.75, 3.05) is 12.4 Å². The number of hydrogen-bond acceptors (Lipinski definition) is 5. The second kappa shape index (κ2) is 6.37. The second-order valence-corrected chi connectivity index (χ2v) is 6.32. The Balaban J connectivity index is 1.53. The van der Waals surface area contributed by atoms with Crippen LogP contribution in [0.5, 0.6) is 5.75 Å². The zero-order valence-corrected chi connectivity index (χ0v) is 14.2. The number of aromatic nitrogens is 3. The summed E-state index contributed by atoms with van der Waals surface area (Å²) >= 11 is 1.44. The Morgan fingerprint density at radius 2 is 1.92 bits per heavy atom. The summed E-state index contributed by atoms with van der Waals surface area (Å²) in [6.45, 7) is 0. The number of nitrogens with one attached hydrogen (secondary N) is 1. The molecule has 0 bridgehead atoms. The van der Waals surface area contributed by atoms with E-state index in [9.17, 15) is 4.79 Å². The Kier molecular flexibility index (Phi) is 3.91. The van der Waals surface area contributed by atoms with Crippen LogP contribution in [-0.2, 0) is 0 Å². The summed E-state index contributed by atoms with van der Waals surface area (Å²) < 4.78 is 7.81. The molecule has 0 spiro atoms. The maximum atomic E-state index is 12.4. The second-order valence-electron chi connectivity index (χ2n) is 5.28. The standard InChI is InChI=1S/C18H14N4O2S/c1-24-13-8-6-12(7-9-13)22-11-10-15(21-22)17(23)20-18-19-14-4-2-3-5-16(14)25-18/h2-11H,1H3,(H,19,20,23). The summed E-state index contributed by atoms with van der Waals surface area (Å²) in [5.41, 5.74) is 2.04. The van der Waals surface area contributed by atoms with Gasteiger partial charge in [0, 0.05) is 6.20 Å². The molecular weight excluding hydrogens is 336 g/mol. The lowest BCUT2D eigenvalue weighted by atomic mass is 10.3. The van der Waals surface area contributed by atoms with Gasteiger partial charge < -0.3 is 4.74 Å². The summed E-state index contributed by atoms with van der Waals surface area (Å²) in [6.07, 6.45) is 1.75. The van der Waals surface area contributed by atoms with Gasteiger partial charge in [0.2, 0.25) is 0 Å². The lowest BCUT2D eigenvalue weighted by Gasteiger charge is -2.03. The van der Waals surface area contributed by atoms with Crippen molar-refractivity contribution in [1.82, 2.24) is 14.8 Å². The van der Waals surface area contributed by atoms with Crippen molar-refractivity contribution >= 4 is 32.6 Å². The molecule has 0 unspecified atom stereocenters. The van der Waals surface area contributed by atoms with Crippen LogP contribution < -0.4 is 10.1 Å². The van der Waals surface area contributed by atoms with Gasteiger partial charge in [-0.25, -0.2) is 9.67 Å². The predicted molar refractivity (Wildman–Crippen MR) is 97.7 cm³/mol. The zero-order chi connectivity index (χ0) is 17.2. The highest BCUT2D eigenvalue weighted by Gasteiger charge is 2.13. The quantitative estimate of drug-likeness (QED) is 0.609. The van der Waals surface area contributed by atoms with Crippen LogP contribution in [0.15, 0.2) is 60.8 Å². The third-order valence-corrected chi connectivity index (χ3v) is 4.62. The number of carbonyl (C=O) groups excluding carboxylic acids is 1. The Bertz CT molecular complexity index is 1000. The number of hydrogen-bond donors (Lipinski definition) is 1. The smallest absolute Gasteiger partial charge is 0.277 e. The van der Waals surface area contributed by atoms with Gasteiger partial charge in [-0.15, -0.1) is 0 Å². The van der Waals surface area contributed by atoms with Gasteiger partial charge >= 0.3 is 0 Å². The Morgan fingerprint density at radius 3 is 2.68 bits per heavy atom. The molecule has 0 atom stereocenters. The van der Waals surface area contributed by atoms with E-state index < -0.39 is 0 Å². The van der Waals surface area contributed by atoms with Crippen molar-refractivity contribution in [3.05, 3.63) is 66.5 Å². The predicted octanol–water partition coefficient (Wildman–Crippen LogP) is 3.74. The first-order valence-corrected chi connectivity index (χ1v) is 8.41. The highest BCUT2D eigenvalue weighted by Crippen LogP contribution is 2.25. The molecule has 4 aromatic rings. The van der Waals surface area contributed by atoms with E-state index in [1.54, 1.807) is 24.1 Å². The number of ether oxygens (including phenoxy) is 1.